The van der Waals surface area contributed by atoms with Gasteiger partial charge in [-0.15, -0.1) is 0 Å². The van der Waals surface area contributed by atoms with Crippen LogP contribution in [0.4, 0.5) is 0 Å². The molecule has 11 heavy (non-hydrogen) atoms. The second-order valence-electron chi connectivity index (χ2n) is 2.75. The van der Waals surface area contributed by atoms with Crippen molar-refractivity contribution in [1.82, 2.24) is 0 Å². The van der Waals surface area contributed by atoms with Gasteiger partial charge in [-0.2, -0.15) is 0 Å². The van der Waals surface area contributed by atoms with E-state index in [4.69, 9.17) is 0 Å². The van der Waals surface area contributed by atoms with E-state index in [0.717, 1.165) is 32.1 Å². The van der Waals surface area contributed by atoms with Gasteiger partial charge in [0.25, 0.3) is 0 Å². The molecule has 0 atom stereocenters. The largest absolute Gasteiger partial charge is 0.300 e. The maximum Gasteiger partial charge on any atom is 0.132 e. The number of hydrogen-bond donors (Lipinski definition) is 0. The number of allylic oxidation sites excluding steroid dienone is 2. The van der Waals surface area contributed by atoms with Crippen LogP contribution in [0.25, 0.3) is 0 Å². The number of unbranched alkanes of at least 4 members (excludes halogenated alkanes) is 1. The Hall–Kier alpha value is -0.590. The first kappa shape index (κ1) is 10.4. The third kappa shape index (κ3) is 7.31. The van der Waals surface area contributed by atoms with Gasteiger partial charge in [0.2, 0.25) is 0 Å². The maximum absolute atomic E-state index is 11.0. The molecule has 0 spiro atoms. The van der Waals surface area contributed by atoms with E-state index >= 15 is 0 Å². The van der Waals surface area contributed by atoms with Crippen LogP contribution in [-0.4, -0.2) is 5.78 Å². The molecule has 0 aliphatic heterocycles. The molecular weight excluding hydrogens is 136 g/mol. The zero-order valence-electron chi connectivity index (χ0n) is 7.60. The van der Waals surface area contributed by atoms with Gasteiger partial charge in [-0.25, -0.2) is 0 Å². The minimum Gasteiger partial charge on any atom is -0.300 e. The molecule has 0 rings (SSSR count). The molecule has 0 radical (unpaired) electrons. The van der Waals surface area contributed by atoms with Gasteiger partial charge < -0.3 is 0 Å². The zero-order chi connectivity index (χ0) is 8.53. The molecule has 0 heterocycles. The summed E-state index contributed by atoms with van der Waals surface area (Å²) in [4.78, 5) is 11.0. The highest BCUT2D eigenvalue weighted by Crippen LogP contribution is 2.01. The van der Waals surface area contributed by atoms with Gasteiger partial charge in [0, 0.05) is 12.8 Å². The summed E-state index contributed by atoms with van der Waals surface area (Å²) in [7, 11) is 0. The highest BCUT2D eigenvalue weighted by Gasteiger charge is 1.97. The highest BCUT2D eigenvalue weighted by molar-refractivity contribution is 5.78. The number of rotatable bonds is 6. The first-order chi connectivity index (χ1) is 5.31. The van der Waals surface area contributed by atoms with Gasteiger partial charge in [0.1, 0.15) is 5.78 Å². The molecule has 0 unspecified atom stereocenters. The summed E-state index contributed by atoms with van der Waals surface area (Å²) in [5.41, 5.74) is 0. The predicted molar refractivity (Wildman–Crippen MR) is 48.6 cm³/mol. The minimum absolute atomic E-state index is 0.414. The molecule has 0 aliphatic carbocycles. The fourth-order valence-electron chi connectivity index (χ4n) is 0.988. The summed E-state index contributed by atoms with van der Waals surface area (Å²) < 4.78 is 0. The Morgan fingerprint density at radius 3 is 2.64 bits per heavy atom. The normalized spacial score (nSPS) is 10.7. The van der Waals surface area contributed by atoms with Crippen molar-refractivity contribution in [3.05, 3.63) is 12.2 Å². The number of ketones is 1. The Bertz CT molecular complexity index is 125. The van der Waals surface area contributed by atoms with Gasteiger partial charge in [0.05, 0.1) is 0 Å². The Balaban J connectivity index is 3.17. The summed E-state index contributed by atoms with van der Waals surface area (Å²) in [6.45, 7) is 4.05. The molecule has 1 heteroatoms. The third-order valence-electron chi connectivity index (χ3n) is 1.59. The number of hydrogen-bond acceptors (Lipinski definition) is 1. The Kier molecular flexibility index (Phi) is 7.11. The fourth-order valence-corrected chi connectivity index (χ4v) is 0.988. The Morgan fingerprint density at radius 1 is 1.36 bits per heavy atom. The van der Waals surface area contributed by atoms with Gasteiger partial charge >= 0.3 is 0 Å². The van der Waals surface area contributed by atoms with Crippen molar-refractivity contribution in [1.29, 1.82) is 0 Å². The summed E-state index contributed by atoms with van der Waals surface area (Å²) >= 11 is 0. The molecule has 0 N–H and O–H groups in total. The average Bonchev–Trinajstić information content (AvgIpc) is 1.99. The molecule has 0 fully saturated rings. The lowest BCUT2D eigenvalue weighted by atomic mass is 10.1. The summed E-state index contributed by atoms with van der Waals surface area (Å²) in [6.07, 6.45) is 8.72. The molecule has 0 bridgehead atoms. The number of carbonyl (C=O) groups is 1. The standard InChI is InChI=1S/C10H18O/c1-3-5-6-7-9-10(11)8-4-2/h3,5H,4,6-9H2,1-2H3. The number of Topliss-reactive ketones (excluding diaryl/α,β-unsaturated/α-hetero) is 1. The van der Waals surface area contributed by atoms with Crippen molar-refractivity contribution in [3.8, 4) is 0 Å². The van der Waals surface area contributed by atoms with Crippen molar-refractivity contribution in [2.75, 3.05) is 0 Å². The van der Waals surface area contributed by atoms with E-state index in [2.05, 4.69) is 6.08 Å². The van der Waals surface area contributed by atoms with Crippen molar-refractivity contribution in [2.45, 2.75) is 46.0 Å². The molecule has 0 aliphatic rings. The van der Waals surface area contributed by atoms with Crippen LogP contribution >= 0.6 is 0 Å². The van der Waals surface area contributed by atoms with E-state index in [0.29, 0.717) is 5.78 Å². The molecule has 0 aromatic rings. The first-order valence-electron chi connectivity index (χ1n) is 4.44. The molecule has 64 valence electrons. The minimum atomic E-state index is 0.414. The molecule has 0 saturated carbocycles. The number of carbonyl (C=O) groups excluding carboxylic acids is 1. The van der Waals surface area contributed by atoms with E-state index in [9.17, 15) is 4.79 Å². The Labute approximate surface area is 69.5 Å². The molecule has 0 aromatic carbocycles. The lowest BCUT2D eigenvalue weighted by molar-refractivity contribution is -0.119. The van der Waals surface area contributed by atoms with Crippen LogP contribution in [-0.2, 0) is 4.79 Å². The van der Waals surface area contributed by atoms with Crippen molar-refractivity contribution >= 4 is 5.78 Å². The van der Waals surface area contributed by atoms with Crippen molar-refractivity contribution in [3.63, 3.8) is 0 Å². The molecular formula is C10H18O. The van der Waals surface area contributed by atoms with E-state index in [1.54, 1.807) is 0 Å². The monoisotopic (exact) mass is 154 g/mol. The zero-order valence-corrected chi connectivity index (χ0v) is 7.60. The smallest absolute Gasteiger partial charge is 0.132 e. The van der Waals surface area contributed by atoms with Crippen LogP contribution in [0.5, 0.6) is 0 Å². The van der Waals surface area contributed by atoms with Crippen molar-refractivity contribution in [2.24, 2.45) is 0 Å². The van der Waals surface area contributed by atoms with Gasteiger partial charge in [0.15, 0.2) is 0 Å². The molecule has 0 amide bonds. The van der Waals surface area contributed by atoms with E-state index in [1.807, 2.05) is 19.9 Å². The molecule has 0 saturated heterocycles. The second kappa shape index (κ2) is 7.52. The second-order valence-corrected chi connectivity index (χ2v) is 2.75. The van der Waals surface area contributed by atoms with Crippen LogP contribution in [0.3, 0.4) is 0 Å². The van der Waals surface area contributed by atoms with E-state index < -0.39 is 0 Å². The topological polar surface area (TPSA) is 17.1 Å². The lowest BCUT2D eigenvalue weighted by Gasteiger charge is -1.95. The van der Waals surface area contributed by atoms with E-state index in [1.165, 1.54) is 0 Å². The highest BCUT2D eigenvalue weighted by atomic mass is 16.1. The molecule has 0 aromatic heterocycles. The fraction of sp³-hybridized carbons (Fsp3) is 0.700. The van der Waals surface area contributed by atoms with E-state index in [-0.39, 0.29) is 0 Å². The van der Waals surface area contributed by atoms with Crippen LogP contribution in [0.1, 0.15) is 46.0 Å². The van der Waals surface area contributed by atoms with Gasteiger partial charge in [-0.3, -0.25) is 4.79 Å². The SMILES string of the molecule is CC=CCCCC(=O)CCC. The van der Waals surface area contributed by atoms with Crippen LogP contribution in [0.15, 0.2) is 12.2 Å². The summed E-state index contributed by atoms with van der Waals surface area (Å²) in [5.74, 6) is 0.414. The van der Waals surface area contributed by atoms with Gasteiger partial charge in [-0.1, -0.05) is 19.1 Å². The van der Waals surface area contributed by atoms with Crippen LogP contribution < -0.4 is 0 Å². The van der Waals surface area contributed by atoms with Crippen LogP contribution in [0, 0.1) is 0 Å². The van der Waals surface area contributed by atoms with Gasteiger partial charge in [-0.05, 0) is 26.2 Å². The first-order valence-corrected chi connectivity index (χ1v) is 4.44. The average molecular weight is 154 g/mol. The summed E-state index contributed by atoms with van der Waals surface area (Å²) in [6, 6.07) is 0. The van der Waals surface area contributed by atoms with Crippen molar-refractivity contribution < 1.29 is 4.79 Å². The third-order valence-corrected chi connectivity index (χ3v) is 1.59. The lowest BCUT2D eigenvalue weighted by Crippen LogP contribution is -1.95. The molecule has 1 nitrogen and oxygen atoms in total. The quantitative estimate of drug-likeness (QED) is 0.424. The Morgan fingerprint density at radius 2 is 2.09 bits per heavy atom. The van der Waals surface area contributed by atoms with Crippen LogP contribution in [0.2, 0.25) is 0 Å². The summed E-state index contributed by atoms with van der Waals surface area (Å²) in [5, 5.41) is 0. The maximum atomic E-state index is 11.0. The predicted octanol–water partition coefficient (Wildman–Crippen LogP) is 3.10.